The molecule has 1 saturated carbocycles. The lowest BCUT2D eigenvalue weighted by atomic mass is 10.1. The molecular formula is C23H23FN2O2. The third-order valence-corrected chi connectivity index (χ3v) is 4.48. The van der Waals surface area contributed by atoms with Gasteiger partial charge in [0.25, 0.3) is 5.91 Å². The summed E-state index contributed by atoms with van der Waals surface area (Å²) in [5.74, 6) is -0.650. The number of hydrogen-bond acceptors (Lipinski definition) is 2. The van der Waals surface area contributed by atoms with Crippen molar-refractivity contribution >= 4 is 17.9 Å². The van der Waals surface area contributed by atoms with Gasteiger partial charge >= 0.3 is 0 Å². The van der Waals surface area contributed by atoms with Crippen molar-refractivity contribution in [2.24, 2.45) is 0 Å². The smallest absolute Gasteiger partial charge is 0.251 e. The molecule has 0 atom stereocenters. The van der Waals surface area contributed by atoms with Gasteiger partial charge in [0.2, 0.25) is 5.91 Å². The number of rotatable bonds is 8. The molecule has 144 valence electrons. The quantitative estimate of drug-likeness (QED) is 0.559. The molecule has 1 fully saturated rings. The van der Waals surface area contributed by atoms with E-state index < -0.39 is 0 Å². The van der Waals surface area contributed by atoms with Crippen molar-refractivity contribution in [1.29, 1.82) is 0 Å². The number of nitrogens with zero attached hydrogens (tertiary/aromatic N) is 1. The van der Waals surface area contributed by atoms with Crippen LogP contribution in [0.15, 0.2) is 67.3 Å². The van der Waals surface area contributed by atoms with Gasteiger partial charge in [0.05, 0.1) is 0 Å². The molecule has 0 spiro atoms. The number of nitrogens with one attached hydrogen (secondary N) is 1. The summed E-state index contributed by atoms with van der Waals surface area (Å²) in [6.45, 7) is 4.15. The Morgan fingerprint density at radius 3 is 2.50 bits per heavy atom. The molecule has 0 unspecified atom stereocenters. The van der Waals surface area contributed by atoms with E-state index in [1.54, 1.807) is 54.6 Å². The summed E-state index contributed by atoms with van der Waals surface area (Å²) >= 11 is 0. The molecule has 3 rings (SSSR count). The van der Waals surface area contributed by atoms with E-state index in [-0.39, 0.29) is 24.2 Å². The zero-order valence-corrected chi connectivity index (χ0v) is 15.6. The van der Waals surface area contributed by atoms with Gasteiger partial charge < -0.3 is 10.2 Å². The molecule has 1 aliphatic rings. The van der Waals surface area contributed by atoms with Gasteiger partial charge in [-0.1, -0.05) is 36.4 Å². The molecule has 28 heavy (non-hydrogen) atoms. The fourth-order valence-electron chi connectivity index (χ4n) is 2.74. The van der Waals surface area contributed by atoms with Crippen molar-refractivity contribution in [3.05, 3.63) is 89.8 Å². The number of carbonyl (C=O) groups excluding carboxylic acids is 2. The molecule has 0 heterocycles. The third kappa shape index (κ3) is 5.39. The summed E-state index contributed by atoms with van der Waals surface area (Å²) in [5, 5.41) is 2.94. The number of hydrogen-bond donors (Lipinski definition) is 1. The minimum Gasteiger partial charge on any atom is -0.349 e. The van der Waals surface area contributed by atoms with E-state index in [2.05, 4.69) is 11.9 Å². The monoisotopic (exact) mass is 378 g/mol. The van der Waals surface area contributed by atoms with E-state index in [9.17, 15) is 14.0 Å². The van der Waals surface area contributed by atoms with E-state index in [0.717, 1.165) is 18.4 Å². The van der Waals surface area contributed by atoms with E-state index in [0.29, 0.717) is 23.7 Å². The van der Waals surface area contributed by atoms with Crippen LogP contribution >= 0.6 is 0 Å². The maximum absolute atomic E-state index is 13.9. The van der Waals surface area contributed by atoms with Gasteiger partial charge in [-0.3, -0.25) is 9.59 Å². The fraction of sp³-hybridized carbons (Fsp3) is 0.217. The first kappa shape index (κ1) is 19.5. The molecule has 2 aromatic rings. The lowest BCUT2D eigenvalue weighted by Gasteiger charge is -2.19. The molecule has 0 saturated heterocycles. The van der Waals surface area contributed by atoms with Crippen LogP contribution in [-0.4, -0.2) is 29.3 Å². The Kier molecular flexibility index (Phi) is 6.37. The van der Waals surface area contributed by atoms with Gasteiger partial charge in [-0.15, -0.1) is 6.58 Å². The van der Waals surface area contributed by atoms with Gasteiger partial charge in [0.1, 0.15) is 5.82 Å². The Bertz CT molecular complexity index is 886. The Morgan fingerprint density at radius 2 is 1.86 bits per heavy atom. The highest BCUT2D eigenvalue weighted by Crippen LogP contribution is 2.19. The van der Waals surface area contributed by atoms with Crippen LogP contribution in [0.4, 0.5) is 4.39 Å². The van der Waals surface area contributed by atoms with Crippen LogP contribution < -0.4 is 5.32 Å². The third-order valence-electron chi connectivity index (χ3n) is 4.48. The molecule has 2 amide bonds. The van der Waals surface area contributed by atoms with Crippen molar-refractivity contribution in [1.82, 2.24) is 10.2 Å². The van der Waals surface area contributed by atoms with Gasteiger partial charge in [-0.05, 0) is 42.7 Å². The zero-order chi connectivity index (χ0) is 19.9. The minimum atomic E-state index is -0.339. The van der Waals surface area contributed by atoms with Crippen LogP contribution in [0.3, 0.4) is 0 Å². The molecule has 0 radical (unpaired) electrons. The summed E-state index contributed by atoms with van der Waals surface area (Å²) in [5.41, 5.74) is 1.86. The molecule has 1 N–H and O–H groups in total. The van der Waals surface area contributed by atoms with Crippen molar-refractivity contribution in [3.63, 3.8) is 0 Å². The second-order valence-corrected chi connectivity index (χ2v) is 6.80. The number of carbonyl (C=O) groups is 2. The van der Waals surface area contributed by atoms with Crippen LogP contribution in [0.25, 0.3) is 6.08 Å². The lowest BCUT2D eigenvalue weighted by Crippen LogP contribution is -2.29. The van der Waals surface area contributed by atoms with Crippen LogP contribution in [0, 0.1) is 5.82 Å². The normalized spacial score (nSPS) is 13.3. The SMILES string of the molecule is C=CCN(Cc1ccccc1F)C(=O)C=Cc1ccc(C(=O)NC2CC2)cc1. The summed E-state index contributed by atoms with van der Waals surface area (Å²) < 4.78 is 13.9. The number of benzene rings is 2. The standard InChI is InChI=1S/C23H23FN2O2/c1-2-15-26(16-19-5-3-4-6-21(19)24)22(27)14-9-17-7-10-18(11-8-17)23(28)25-20-12-13-20/h2-11,14,20H,1,12-13,15-16H2,(H,25,28). The first-order valence-electron chi connectivity index (χ1n) is 9.29. The lowest BCUT2D eigenvalue weighted by molar-refractivity contribution is -0.126. The van der Waals surface area contributed by atoms with Crippen LogP contribution in [0.5, 0.6) is 0 Å². The summed E-state index contributed by atoms with van der Waals surface area (Å²) in [7, 11) is 0. The van der Waals surface area contributed by atoms with Crippen LogP contribution in [0.1, 0.15) is 34.3 Å². The Labute approximate surface area is 164 Å². The van der Waals surface area contributed by atoms with Crippen molar-refractivity contribution in [2.45, 2.75) is 25.4 Å². The second kappa shape index (κ2) is 9.13. The highest BCUT2D eigenvalue weighted by molar-refractivity contribution is 5.95. The maximum atomic E-state index is 13.9. The van der Waals surface area contributed by atoms with Gasteiger partial charge in [0, 0.05) is 36.3 Å². The average molecular weight is 378 g/mol. The zero-order valence-electron chi connectivity index (χ0n) is 15.6. The Morgan fingerprint density at radius 1 is 1.14 bits per heavy atom. The topological polar surface area (TPSA) is 49.4 Å². The largest absolute Gasteiger partial charge is 0.349 e. The van der Waals surface area contributed by atoms with E-state index in [4.69, 9.17) is 0 Å². The fourth-order valence-corrected chi connectivity index (χ4v) is 2.74. The van der Waals surface area contributed by atoms with Crippen molar-refractivity contribution < 1.29 is 14.0 Å². The summed E-state index contributed by atoms with van der Waals surface area (Å²) in [4.78, 5) is 26.0. The highest BCUT2D eigenvalue weighted by atomic mass is 19.1. The predicted molar refractivity (Wildman–Crippen MR) is 108 cm³/mol. The van der Waals surface area contributed by atoms with E-state index in [1.165, 1.54) is 17.0 Å². The van der Waals surface area contributed by atoms with E-state index in [1.807, 2.05) is 0 Å². The maximum Gasteiger partial charge on any atom is 0.251 e. The molecule has 4 nitrogen and oxygen atoms in total. The Balaban J connectivity index is 1.63. The predicted octanol–water partition coefficient (Wildman–Crippen LogP) is 3.95. The molecular weight excluding hydrogens is 355 g/mol. The van der Waals surface area contributed by atoms with E-state index >= 15 is 0 Å². The Hall–Kier alpha value is -3.21. The van der Waals surface area contributed by atoms with Crippen molar-refractivity contribution in [3.8, 4) is 0 Å². The van der Waals surface area contributed by atoms with Crippen molar-refractivity contribution in [2.75, 3.05) is 6.54 Å². The molecule has 5 heteroatoms. The summed E-state index contributed by atoms with van der Waals surface area (Å²) in [6.07, 6.45) is 6.83. The molecule has 0 bridgehead atoms. The molecule has 0 aliphatic heterocycles. The average Bonchev–Trinajstić information content (AvgIpc) is 3.51. The van der Waals surface area contributed by atoms with Crippen LogP contribution in [0.2, 0.25) is 0 Å². The van der Waals surface area contributed by atoms with Gasteiger partial charge in [0.15, 0.2) is 0 Å². The number of halogens is 1. The molecule has 0 aromatic heterocycles. The molecule has 1 aliphatic carbocycles. The second-order valence-electron chi connectivity index (χ2n) is 6.80. The first-order chi connectivity index (χ1) is 13.6. The van der Waals surface area contributed by atoms with Gasteiger partial charge in [-0.25, -0.2) is 4.39 Å². The minimum absolute atomic E-state index is 0.0730. The van der Waals surface area contributed by atoms with Crippen LogP contribution in [-0.2, 0) is 11.3 Å². The number of amides is 2. The van der Waals surface area contributed by atoms with Gasteiger partial charge in [-0.2, -0.15) is 0 Å². The first-order valence-corrected chi connectivity index (χ1v) is 9.29. The molecule has 2 aromatic carbocycles. The summed E-state index contributed by atoms with van der Waals surface area (Å²) in [6, 6.07) is 13.8. The highest BCUT2D eigenvalue weighted by Gasteiger charge is 2.23.